The minimum Gasteiger partial charge on any atom is -0.396 e. The molecule has 3 atom stereocenters. The number of carbonyl (C=O) groups is 1. The van der Waals surface area contributed by atoms with Crippen molar-refractivity contribution in [2.24, 2.45) is 5.92 Å². The number of hydrogen-bond donors (Lipinski definition) is 2. The lowest BCUT2D eigenvalue weighted by atomic mass is 10.1. The molecular weight excluding hydrogens is 198 g/mol. The zero-order valence-corrected chi connectivity index (χ0v) is 9.38. The average molecular weight is 215 g/mol. The largest absolute Gasteiger partial charge is 0.396 e. The molecule has 0 aromatic carbocycles. The molecule has 0 aromatic heterocycles. The van der Waals surface area contributed by atoms with E-state index in [9.17, 15) is 4.79 Å². The quantitative estimate of drug-likeness (QED) is 0.682. The van der Waals surface area contributed by atoms with Crippen molar-refractivity contribution in [3.63, 3.8) is 0 Å². The zero-order valence-electron chi connectivity index (χ0n) is 8.56. The Balaban J connectivity index is 2.33. The maximum Gasteiger partial charge on any atom is 0.233 e. The Hall–Kier alpha value is -0.480. The van der Waals surface area contributed by atoms with Crippen molar-refractivity contribution in [2.45, 2.75) is 24.6 Å². The van der Waals surface area contributed by atoms with Crippen LogP contribution in [0.25, 0.3) is 0 Å². The van der Waals surface area contributed by atoms with Gasteiger partial charge in [-0.05, 0) is 19.6 Å². The van der Waals surface area contributed by atoms with Crippen molar-refractivity contribution in [3.8, 4) is 0 Å². The summed E-state index contributed by atoms with van der Waals surface area (Å²) in [6.07, 6.45) is 6.68. The fraction of sp³-hybridized carbons (Fsp3) is 0.700. The summed E-state index contributed by atoms with van der Waals surface area (Å²) >= 11 is 1.54. The zero-order chi connectivity index (χ0) is 10.6. The highest BCUT2D eigenvalue weighted by molar-refractivity contribution is 7.99. The summed E-state index contributed by atoms with van der Waals surface area (Å²) in [5.74, 6) is 0.288. The van der Waals surface area contributed by atoms with Crippen LogP contribution < -0.4 is 5.32 Å². The minimum absolute atomic E-state index is 0.00317. The van der Waals surface area contributed by atoms with Crippen LogP contribution in [0, 0.1) is 5.92 Å². The van der Waals surface area contributed by atoms with E-state index in [1.807, 2.05) is 25.3 Å². The normalized spacial score (nSPS) is 27.6. The number of amides is 1. The van der Waals surface area contributed by atoms with Gasteiger partial charge in [-0.3, -0.25) is 4.79 Å². The molecule has 0 saturated heterocycles. The Labute approximate surface area is 89.0 Å². The van der Waals surface area contributed by atoms with E-state index in [0.717, 1.165) is 6.42 Å². The van der Waals surface area contributed by atoms with E-state index in [4.69, 9.17) is 5.11 Å². The Bertz CT molecular complexity index is 230. The summed E-state index contributed by atoms with van der Waals surface area (Å²) in [4.78, 5) is 11.5. The van der Waals surface area contributed by atoms with Crippen molar-refractivity contribution < 1.29 is 9.90 Å². The topological polar surface area (TPSA) is 49.3 Å². The van der Waals surface area contributed by atoms with E-state index >= 15 is 0 Å². The summed E-state index contributed by atoms with van der Waals surface area (Å²) < 4.78 is 0. The molecule has 0 bridgehead atoms. The predicted molar refractivity (Wildman–Crippen MR) is 59.2 cm³/mol. The Morgan fingerprint density at radius 3 is 2.93 bits per heavy atom. The second kappa shape index (κ2) is 5.41. The molecule has 2 N–H and O–H groups in total. The van der Waals surface area contributed by atoms with Crippen LogP contribution in [-0.2, 0) is 4.79 Å². The van der Waals surface area contributed by atoms with Gasteiger partial charge >= 0.3 is 0 Å². The Kier molecular flexibility index (Phi) is 4.48. The van der Waals surface area contributed by atoms with Gasteiger partial charge in [0.15, 0.2) is 0 Å². The summed E-state index contributed by atoms with van der Waals surface area (Å²) in [6.45, 7) is 2.06. The summed E-state index contributed by atoms with van der Waals surface area (Å²) in [6, 6.07) is 0.106. The Morgan fingerprint density at radius 2 is 2.43 bits per heavy atom. The van der Waals surface area contributed by atoms with Gasteiger partial charge in [-0.15, -0.1) is 0 Å². The van der Waals surface area contributed by atoms with E-state index in [-0.39, 0.29) is 29.7 Å². The van der Waals surface area contributed by atoms with Gasteiger partial charge in [-0.1, -0.05) is 12.2 Å². The van der Waals surface area contributed by atoms with Crippen molar-refractivity contribution in [1.29, 1.82) is 0 Å². The predicted octanol–water partition coefficient (Wildman–Crippen LogP) is 0.791. The molecule has 1 unspecified atom stereocenters. The maximum atomic E-state index is 11.5. The van der Waals surface area contributed by atoms with Gasteiger partial charge in [0.2, 0.25) is 5.91 Å². The van der Waals surface area contributed by atoms with Crippen LogP contribution in [0.2, 0.25) is 0 Å². The summed E-state index contributed by atoms with van der Waals surface area (Å²) in [5.41, 5.74) is 0. The number of rotatable bonds is 4. The first-order valence-corrected chi connectivity index (χ1v) is 6.08. The number of nitrogens with one attached hydrogen (secondary N) is 1. The number of hydrogen-bond acceptors (Lipinski definition) is 3. The lowest BCUT2D eigenvalue weighted by molar-refractivity contribution is -0.120. The molecule has 14 heavy (non-hydrogen) atoms. The van der Waals surface area contributed by atoms with Crippen LogP contribution in [0.3, 0.4) is 0 Å². The van der Waals surface area contributed by atoms with Crippen molar-refractivity contribution in [3.05, 3.63) is 12.2 Å². The number of aliphatic hydroxyl groups excluding tert-OH is 1. The standard InChI is InChI=1S/C10H17NO2S/c1-7(14-2)10(13)11-9-4-3-8(5-9)6-12/h3-4,7-9,12H,5-6H2,1-2H3,(H,11,13)/t7?,8-,9+/m0/s1. The van der Waals surface area contributed by atoms with Crippen molar-refractivity contribution in [1.82, 2.24) is 5.32 Å². The average Bonchev–Trinajstić information content (AvgIpc) is 2.64. The van der Waals surface area contributed by atoms with Crippen LogP contribution in [0.5, 0.6) is 0 Å². The highest BCUT2D eigenvalue weighted by atomic mass is 32.2. The molecule has 0 fully saturated rings. The fourth-order valence-corrected chi connectivity index (χ4v) is 1.71. The molecule has 80 valence electrons. The van der Waals surface area contributed by atoms with E-state index in [0.29, 0.717) is 0 Å². The van der Waals surface area contributed by atoms with Crippen LogP contribution in [0.1, 0.15) is 13.3 Å². The molecule has 0 aromatic rings. The minimum atomic E-state index is -0.00317. The number of thioether (sulfide) groups is 1. The number of aliphatic hydroxyl groups is 1. The lowest BCUT2D eigenvalue weighted by Crippen LogP contribution is -2.37. The highest BCUT2D eigenvalue weighted by Crippen LogP contribution is 2.17. The third-order valence-corrected chi connectivity index (χ3v) is 3.38. The van der Waals surface area contributed by atoms with Gasteiger partial charge in [0.1, 0.15) is 0 Å². The van der Waals surface area contributed by atoms with Gasteiger partial charge in [0.05, 0.1) is 5.25 Å². The first-order valence-electron chi connectivity index (χ1n) is 4.79. The molecule has 0 spiro atoms. The smallest absolute Gasteiger partial charge is 0.233 e. The molecule has 0 radical (unpaired) electrons. The molecule has 0 aliphatic heterocycles. The van der Waals surface area contributed by atoms with E-state index < -0.39 is 0 Å². The van der Waals surface area contributed by atoms with E-state index in [1.165, 1.54) is 11.8 Å². The Morgan fingerprint density at radius 1 is 1.71 bits per heavy atom. The lowest BCUT2D eigenvalue weighted by Gasteiger charge is -2.15. The van der Waals surface area contributed by atoms with Gasteiger partial charge in [-0.25, -0.2) is 0 Å². The van der Waals surface area contributed by atoms with Gasteiger partial charge in [-0.2, -0.15) is 11.8 Å². The maximum absolute atomic E-state index is 11.5. The second-order valence-electron chi connectivity index (χ2n) is 3.56. The van der Waals surface area contributed by atoms with Gasteiger partial charge < -0.3 is 10.4 Å². The van der Waals surface area contributed by atoms with Crippen LogP contribution in [0.15, 0.2) is 12.2 Å². The molecule has 3 nitrogen and oxygen atoms in total. The van der Waals surface area contributed by atoms with Crippen LogP contribution in [-0.4, -0.2) is 35.2 Å². The van der Waals surface area contributed by atoms with Crippen LogP contribution in [0.4, 0.5) is 0 Å². The molecular formula is C10H17NO2S. The fourth-order valence-electron chi connectivity index (χ4n) is 1.42. The van der Waals surface area contributed by atoms with E-state index in [2.05, 4.69) is 5.32 Å². The highest BCUT2D eigenvalue weighted by Gasteiger charge is 2.21. The molecule has 1 aliphatic rings. The first-order chi connectivity index (χ1) is 6.67. The van der Waals surface area contributed by atoms with Gasteiger partial charge in [0, 0.05) is 18.6 Å². The summed E-state index contributed by atoms with van der Waals surface area (Å²) in [5, 5.41) is 11.8. The number of carbonyl (C=O) groups excluding carboxylic acids is 1. The van der Waals surface area contributed by atoms with Crippen molar-refractivity contribution >= 4 is 17.7 Å². The molecule has 0 saturated carbocycles. The first kappa shape index (κ1) is 11.6. The van der Waals surface area contributed by atoms with Crippen molar-refractivity contribution in [2.75, 3.05) is 12.9 Å². The molecule has 4 heteroatoms. The van der Waals surface area contributed by atoms with Crippen LogP contribution >= 0.6 is 11.8 Å². The molecule has 1 amide bonds. The van der Waals surface area contributed by atoms with Gasteiger partial charge in [0.25, 0.3) is 0 Å². The molecule has 1 aliphatic carbocycles. The third-order valence-electron chi connectivity index (χ3n) is 2.46. The summed E-state index contributed by atoms with van der Waals surface area (Å²) in [7, 11) is 0. The SMILES string of the molecule is CSC(C)C(=O)N[C@@H]1C=C[C@H](CO)C1. The molecule has 1 rings (SSSR count). The monoisotopic (exact) mass is 215 g/mol. The van der Waals surface area contributed by atoms with E-state index in [1.54, 1.807) is 0 Å². The second-order valence-corrected chi connectivity index (χ2v) is 4.73. The third kappa shape index (κ3) is 3.03. The molecule has 0 heterocycles.